The first-order valence-electron chi connectivity index (χ1n) is 32.0. The summed E-state index contributed by atoms with van der Waals surface area (Å²) in [4.78, 5) is 145. The highest BCUT2D eigenvalue weighted by Gasteiger charge is 2.42. The molecule has 0 spiro atoms. The lowest BCUT2D eigenvalue weighted by atomic mass is 9.94. The van der Waals surface area contributed by atoms with E-state index >= 15 is 14.4 Å². The van der Waals surface area contributed by atoms with Crippen molar-refractivity contribution < 1.29 is 48.3 Å². The van der Waals surface area contributed by atoms with E-state index < -0.39 is 119 Å². The van der Waals surface area contributed by atoms with Gasteiger partial charge in [0, 0.05) is 66.7 Å². The Kier molecular flexibility index (Phi) is 30.1. The van der Waals surface area contributed by atoms with Gasteiger partial charge in [0.05, 0.1) is 6.04 Å². The van der Waals surface area contributed by atoms with Crippen LogP contribution in [0.25, 0.3) is 21.8 Å². The first kappa shape index (κ1) is 73.9. The highest BCUT2D eigenvalue weighted by molar-refractivity contribution is 5.99. The van der Waals surface area contributed by atoms with Crippen molar-refractivity contribution in [3.05, 3.63) is 72.1 Å². The fourth-order valence-electron chi connectivity index (χ4n) is 11.1. The van der Waals surface area contributed by atoms with E-state index in [1.165, 1.54) is 4.90 Å². The second-order valence-corrected chi connectivity index (χ2v) is 23.8. The van der Waals surface area contributed by atoms with Crippen molar-refractivity contribution in [2.75, 3.05) is 32.7 Å². The van der Waals surface area contributed by atoms with Crippen LogP contribution < -0.4 is 77.4 Å². The summed E-state index contributed by atoms with van der Waals surface area (Å²) in [6.07, 6.45) is 7.80. The molecular weight excluding hydrogens is 1180 g/mol. The number of likely N-dealkylation sites (tertiary alicyclic amines) is 1. The Morgan fingerprint density at radius 1 is 0.554 bits per heavy atom. The maximum Gasteiger partial charge on any atom is 0.326 e. The molecule has 0 aliphatic carbocycles. The summed E-state index contributed by atoms with van der Waals surface area (Å²) in [6, 6.07) is 3.68. The Labute approximate surface area is 536 Å². The fraction of sp³-hybridized carbons (Fsp3) is 0.571. The molecule has 1 aliphatic heterocycles. The number of amides is 8. The van der Waals surface area contributed by atoms with Crippen molar-refractivity contribution in [1.82, 2.24) is 52.1 Å². The van der Waals surface area contributed by atoms with E-state index in [0.717, 1.165) is 21.8 Å². The van der Waals surface area contributed by atoms with E-state index in [4.69, 9.17) is 40.1 Å². The van der Waals surface area contributed by atoms with Gasteiger partial charge in [-0.1, -0.05) is 83.4 Å². The van der Waals surface area contributed by atoms with Gasteiger partial charge in [-0.3, -0.25) is 48.3 Å². The first-order chi connectivity index (χ1) is 44.0. The zero-order valence-electron chi connectivity index (χ0n) is 53.5. The SMILES string of the molecule is CC[C@H](C)[C@H](NC(=O)[C@H](CCCCN)NC(=O)[C@@H](N)CCCCN)C(=O)N[C@H](C(=O)N1CCC[C@H]1C(=O)N[C@@H](Cc1c[nH]c2ccccc12)C(=O)N[C@@H](Cc1c[nH]c2ccccc12)C(=O)N[C@@H](CCCN=C(N)N)C(=O)N[C@@H](CCCN=C(N)N)C(=O)O)[C@@H](C)CC. The topological polar surface area (TPSA) is 500 Å². The van der Waals surface area contributed by atoms with Crippen LogP contribution in [0.3, 0.4) is 0 Å². The number of hydrogen-bond acceptors (Lipinski definition) is 14. The van der Waals surface area contributed by atoms with Gasteiger partial charge in [0.1, 0.15) is 48.3 Å². The molecule has 92 heavy (non-hydrogen) atoms. The molecule has 3 heterocycles. The van der Waals surface area contributed by atoms with Crippen LogP contribution in [0.15, 0.2) is 70.9 Å². The average Bonchev–Trinajstić information content (AvgIpc) is 3.53. The third-order valence-corrected chi connectivity index (χ3v) is 16.9. The van der Waals surface area contributed by atoms with Crippen LogP contribution in [-0.2, 0) is 56.0 Å². The first-order valence-corrected chi connectivity index (χ1v) is 32.0. The Morgan fingerprint density at radius 2 is 0.989 bits per heavy atom. The highest BCUT2D eigenvalue weighted by atomic mass is 16.4. The molecule has 4 aromatic rings. The number of benzene rings is 2. The second kappa shape index (κ2) is 37.5. The van der Waals surface area contributed by atoms with E-state index in [1.807, 2.05) is 62.4 Å². The molecule has 2 aromatic heterocycles. The van der Waals surface area contributed by atoms with Crippen molar-refractivity contribution in [1.29, 1.82) is 0 Å². The number of aromatic amines is 2. The van der Waals surface area contributed by atoms with Gasteiger partial charge in [0.25, 0.3) is 0 Å². The molecule has 1 fully saturated rings. The van der Waals surface area contributed by atoms with Gasteiger partial charge in [-0.2, -0.15) is 0 Å². The maximum absolute atomic E-state index is 15.3. The lowest BCUT2D eigenvalue weighted by Gasteiger charge is -2.34. The molecule has 0 saturated carbocycles. The molecular formula is C63H99N19O10. The molecule has 8 amide bonds. The smallest absolute Gasteiger partial charge is 0.326 e. The molecule has 1 saturated heterocycles. The number of carboxylic acid groups (broad SMARTS) is 1. The number of aliphatic carboxylic acids is 1. The molecule has 0 radical (unpaired) electrons. The number of rotatable bonds is 40. The zero-order chi connectivity index (χ0) is 67.4. The van der Waals surface area contributed by atoms with Gasteiger partial charge in [-0.15, -0.1) is 0 Å². The summed E-state index contributed by atoms with van der Waals surface area (Å²) in [5.41, 5.74) is 42.4. The van der Waals surface area contributed by atoms with Gasteiger partial charge < -0.3 is 97.3 Å². The van der Waals surface area contributed by atoms with Gasteiger partial charge in [-0.05, 0) is 119 Å². The number of fused-ring (bicyclic) bond motifs is 2. The van der Waals surface area contributed by atoms with E-state index in [0.29, 0.717) is 75.6 Å². The number of guanidine groups is 2. The van der Waals surface area contributed by atoms with Crippen molar-refractivity contribution >= 4 is 87.0 Å². The predicted octanol–water partition coefficient (Wildman–Crippen LogP) is -0.312. The van der Waals surface area contributed by atoms with Crippen molar-refractivity contribution in [3.63, 3.8) is 0 Å². The summed E-state index contributed by atoms with van der Waals surface area (Å²) >= 11 is 0. The fourth-order valence-corrected chi connectivity index (χ4v) is 11.1. The largest absolute Gasteiger partial charge is 0.480 e. The van der Waals surface area contributed by atoms with E-state index in [-0.39, 0.29) is 82.9 Å². The Bertz CT molecular complexity index is 3160. The molecule has 11 atom stereocenters. The van der Waals surface area contributed by atoms with Crippen LogP contribution in [0.4, 0.5) is 0 Å². The van der Waals surface area contributed by atoms with Crippen LogP contribution in [0.1, 0.15) is 129 Å². The number of nitrogens with one attached hydrogen (secondary N) is 9. The third kappa shape index (κ3) is 22.2. The van der Waals surface area contributed by atoms with Gasteiger partial charge in [-0.25, -0.2) is 4.79 Å². The molecule has 2 aromatic carbocycles. The summed E-state index contributed by atoms with van der Waals surface area (Å²) in [6.45, 7) is 8.37. The molecule has 1 aliphatic rings. The lowest BCUT2D eigenvalue weighted by molar-refractivity contribution is -0.144. The quantitative estimate of drug-likeness (QED) is 0.0154. The van der Waals surface area contributed by atoms with Crippen LogP contribution in [-0.4, -0.2) is 172 Å². The number of carbonyl (C=O) groups is 9. The number of nitrogens with two attached hydrogens (primary N) is 7. The second-order valence-electron chi connectivity index (χ2n) is 23.8. The number of unbranched alkanes of at least 4 members (excludes halogenated alkanes) is 2. The number of aromatic nitrogens is 2. The molecule has 506 valence electrons. The Balaban J connectivity index is 1.45. The summed E-state index contributed by atoms with van der Waals surface area (Å²) in [5, 5.41) is 31.3. The lowest BCUT2D eigenvalue weighted by Crippen LogP contribution is -2.62. The van der Waals surface area contributed by atoms with Crippen molar-refractivity contribution in [3.8, 4) is 0 Å². The molecule has 29 heteroatoms. The van der Waals surface area contributed by atoms with Crippen LogP contribution in [0.2, 0.25) is 0 Å². The van der Waals surface area contributed by atoms with Crippen LogP contribution >= 0.6 is 0 Å². The molecule has 5 rings (SSSR count). The summed E-state index contributed by atoms with van der Waals surface area (Å²) < 4.78 is 0. The standard InChI is InChI=1S/C63H99N19O10/c1-5-36(3)51(80-55(85)45(23-12-14-28-65)75-53(83)42(66)20-11-13-27-64)59(89)81-52(37(4)6-2)60(90)82-31-17-26-50(82)58(88)79-49(33-39-35-74-44-22-10-8-19-41(39)44)57(87)78-48(32-38-34-73-43-21-9-7-18-40(38)43)56(86)76-46(24-15-29-71-62(67)68)54(84)77-47(61(91)92)25-16-30-72-63(69)70/h7-10,18-19,21-22,34-37,42,45-52,73-74H,5-6,11-17,20,23-33,64-66H2,1-4H3,(H,75,83)(H,76,86)(H,77,84)(H,78,87)(H,79,88)(H,80,85)(H,81,89)(H,91,92)(H4,67,68,71)(H4,69,70,72)/t36-,37-,42-,45-,46-,47-,48-,49-,50-,51-,52-/m0/s1. The minimum atomic E-state index is -1.43. The number of carboxylic acids is 1. The predicted molar refractivity (Wildman–Crippen MR) is 352 cm³/mol. The van der Waals surface area contributed by atoms with Crippen LogP contribution in [0.5, 0.6) is 0 Å². The number of para-hydroxylation sites is 2. The third-order valence-electron chi connectivity index (χ3n) is 16.9. The highest BCUT2D eigenvalue weighted by Crippen LogP contribution is 2.25. The molecule has 0 bridgehead atoms. The molecule has 29 nitrogen and oxygen atoms in total. The number of aliphatic imine (C=N–C) groups is 2. The normalized spacial score (nSPS) is 16.2. The zero-order valence-corrected chi connectivity index (χ0v) is 53.5. The van der Waals surface area contributed by atoms with Crippen molar-refractivity contribution in [2.45, 2.75) is 185 Å². The van der Waals surface area contributed by atoms with Gasteiger partial charge in [0.15, 0.2) is 11.9 Å². The minimum absolute atomic E-state index is 0.0520. The van der Waals surface area contributed by atoms with E-state index in [1.54, 1.807) is 26.2 Å². The van der Waals surface area contributed by atoms with Crippen LogP contribution in [0, 0.1) is 11.8 Å². The molecule has 24 N–H and O–H groups in total. The number of H-pyrrole nitrogens is 2. The number of hydrogen-bond donors (Lipinski definition) is 17. The average molecular weight is 1280 g/mol. The molecule has 0 unspecified atom stereocenters. The number of nitrogens with zero attached hydrogens (tertiary/aromatic N) is 3. The van der Waals surface area contributed by atoms with Gasteiger partial charge >= 0.3 is 5.97 Å². The monoisotopic (exact) mass is 1280 g/mol. The van der Waals surface area contributed by atoms with E-state index in [9.17, 15) is 33.9 Å². The maximum atomic E-state index is 15.3. The Hall–Kier alpha value is -8.83. The summed E-state index contributed by atoms with van der Waals surface area (Å²) in [5.74, 6) is -8.13. The minimum Gasteiger partial charge on any atom is -0.480 e. The van der Waals surface area contributed by atoms with Gasteiger partial charge in [0.2, 0.25) is 47.3 Å². The number of carbonyl (C=O) groups excluding carboxylic acids is 8. The Morgan fingerprint density at radius 3 is 1.51 bits per heavy atom. The van der Waals surface area contributed by atoms with Crippen molar-refractivity contribution in [2.24, 2.45) is 62.0 Å². The van der Waals surface area contributed by atoms with E-state index in [2.05, 4.69) is 57.2 Å². The summed E-state index contributed by atoms with van der Waals surface area (Å²) in [7, 11) is 0.